The first-order chi connectivity index (χ1) is 7.67. The molecule has 16 heavy (non-hydrogen) atoms. The van der Waals surface area contributed by atoms with Gasteiger partial charge in [0, 0.05) is 19.1 Å². The van der Waals surface area contributed by atoms with Gasteiger partial charge < -0.3 is 4.90 Å². The third-order valence-corrected chi connectivity index (χ3v) is 4.15. The molecule has 0 aromatic heterocycles. The first-order valence-corrected chi connectivity index (χ1v) is 7.06. The molecule has 1 fully saturated rings. The molecule has 1 aliphatic carbocycles. The fourth-order valence-electron chi connectivity index (χ4n) is 2.85. The Bertz CT molecular complexity index is 172. The van der Waals surface area contributed by atoms with Crippen molar-refractivity contribution in [2.24, 2.45) is 5.92 Å². The van der Waals surface area contributed by atoms with Gasteiger partial charge in [0.2, 0.25) is 0 Å². The third kappa shape index (κ3) is 4.42. The van der Waals surface area contributed by atoms with Crippen LogP contribution in [0.2, 0.25) is 0 Å². The average Bonchev–Trinajstić information content (AvgIpc) is 2.30. The second-order valence-corrected chi connectivity index (χ2v) is 5.51. The summed E-state index contributed by atoms with van der Waals surface area (Å²) in [6, 6.07) is 0.868. The van der Waals surface area contributed by atoms with Crippen LogP contribution in [-0.4, -0.2) is 49.6 Å². The number of hydrogen-bond acceptors (Lipinski definition) is 2. The summed E-state index contributed by atoms with van der Waals surface area (Å²) in [5.41, 5.74) is 0. The largest absolute Gasteiger partial charge is 0.308 e. The molecule has 0 radical (unpaired) electrons. The summed E-state index contributed by atoms with van der Waals surface area (Å²) >= 11 is 0. The Balaban J connectivity index is 2.31. The maximum Gasteiger partial charge on any atom is 0.0112 e. The highest BCUT2D eigenvalue weighted by atomic mass is 15.2. The van der Waals surface area contributed by atoms with E-state index in [-0.39, 0.29) is 0 Å². The topological polar surface area (TPSA) is 6.48 Å². The summed E-state index contributed by atoms with van der Waals surface area (Å²) in [5, 5.41) is 0. The second kappa shape index (κ2) is 7.29. The molecule has 0 atom stereocenters. The van der Waals surface area contributed by atoms with E-state index in [1.165, 1.54) is 51.7 Å². The number of likely N-dealkylation sites (N-methyl/N-ethyl adjacent to an activating group) is 2. The zero-order valence-electron chi connectivity index (χ0n) is 11.7. The zero-order valence-corrected chi connectivity index (χ0v) is 11.7. The highest BCUT2D eigenvalue weighted by molar-refractivity contribution is 4.79. The molecule has 0 aromatic carbocycles. The van der Waals surface area contributed by atoms with Gasteiger partial charge in [0.15, 0.2) is 0 Å². The van der Waals surface area contributed by atoms with Crippen LogP contribution in [0.1, 0.15) is 46.0 Å². The van der Waals surface area contributed by atoms with Gasteiger partial charge in [0.25, 0.3) is 0 Å². The predicted molar refractivity (Wildman–Crippen MR) is 71.8 cm³/mol. The minimum absolute atomic E-state index is 0.868. The Labute approximate surface area is 102 Å². The summed E-state index contributed by atoms with van der Waals surface area (Å²) in [4.78, 5) is 4.98. The van der Waals surface area contributed by atoms with Crippen molar-refractivity contribution >= 4 is 0 Å². The lowest BCUT2D eigenvalue weighted by atomic mass is 9.84. The number of nitrogens with zero attached hydrogens (tertiary/aromatic N) is 2. The van der Waals surface area contributed by atoms with Crippen LogP contribution in [0.15, 0.2) is 0 Å². The van der Waals surface area contributed by atoms with E-state index < -0.39 is 0 Å². The molecule has 0 aromatic rings. The van der Waals surface area contributed by atoms with Gasteiger partial charge in [-0.2, -0.15) is 0 Å². The highest BCUT2D eigenvalue weighted by Gasteiger charge is 2.23. The Morgan fingerprint density at radius 1 is 0.938 bits per heavy atom. The van der Waals surface area contributed by atoms with E-state index in [0.29, 0.717) is 0 Å². The average molecular weight is 226 g/mol. The molecule has 1 rings (SSSR count). The van der Waals surface area contributed by atoms with Crippen LogP contribution < -0.4 is 0 Å². The van der Waals surface area contributed by atoms with E-state index in [2.05, 4.69) is 37.7 Å². The molecule has 2 heteroatoms. The minimum Gasteiger partial charge on any atom is -0.308 e. The Hall–Kier alpha value is -0.0800. The lowest BCUT2D eigenvalue weighted by molar-refractivity contribution is 0.131. The molecular formula is C14H30N2. The lowest BCUT2D eigenvalue weighted by Gasteiger charge is -2.36. The third-order valence-electron chi connectivity index (χ3n) is 4.15. The van der Waals surface area contributed by atoms with Crippen LogP contribution in [0, 0.1) is 5.92 Å². The molecule has 0 spiro atoms. The molecule has 1 aliphatic rings. The van der Waals surface area contributed by atoms with E-state index in [4.69, 9.17) is 0 Å². The van der Waals surface area contributed by atoms with Crippen LogP contribution in [0.25, 0.3) is 0 Å². The van der Waals surface area contributed by atoms with Gasteiger partial charge >= 0.3 is 0 Å². The molecule has 0 amide bonds. The molecule has 0 N–H and O–H groups in total. The van der Waals surface area contributed by atoms with Gasteiger partial charge in [0.1, 0.15) is 0 Å². The number of rotatable bonds is 6. The van der Waals surface area contributed by atoms with E-state index in [1.807, 2.05) is 0 Å². The zero-order chi connectivity index (χ0) is 12.0. The van der Waals surface area contributed by atoms with Crippen LogP contribution >= 0.6 is 0 Å². The molecule has 2 nitrogen and oxygen atoms in total. The maximum absolute atomic E-state index is 2.69. The normalized spacial score (nSPS) is 26.6. The molecule has 1 saturated carbocycles. The number of hydrogen-bond donors (Lipinski definition) is 0. The fourth-order valence-corrected chi connectivity index (χ4v) is 2.85. The van der Waals surface area contributed by atoms with Crippen molar-refractivity contribution in [2.75, 3.05) is 33.7 Å². The highest BCUT2D eigenvalue weighted by Crippen LogP contribution is 2.29. The summed E-state index contributed by atoms with van der Waals surface area (Å²) in [5.74, 6) is 1.02. The predicted octanol–water partition coefficient (Wildman–Crippen LogP) is 2.84. The maximum atomic E-state index is 2.69. The van der Waals surface area contributed by atoms with Gasteiger partial charge in [-0.25, -0.2) is 0 Å². The van der Waals surface area contributed by atoms with E-state index in [9.17, 15) is 0 Å². The molecule has 0 heterocycles. The Morgan fingerprint density at radius 2 is 1.56 bits per heavy atom. The summed E-state index contributed by atoms with van der Waals surface area (Å²) in [7, 11) is 4.34. The Morgan fingerprint density at radius 3 is 2.00 bits per heavy atom. The lowest BCUT2D eigenvalue weighted by Crippen LogP contribution is -2.41. The summed E-state index contributed by atoms with van der Waals surface area (Å²) < 4.78 is 0. The second-order valence-electron chi connectivity index (χ2n) is 5.51. The van der Waals surface area contributed by atoms with Gasteiger partial charge in [-0.3, -0.25) is 4.90 Å². The SMILES string of the molecule is CCC1CCC(N(CC)CCN(C)C)CC1. The molecule has 0 bridgehead atoms. The molecule has 0 saturated heterocycles. The minimum atomic E-state index is 0.868. The van der Waals surface area contributed by atoms with Gasteiger partial charge in [-0.05, 0) is 52.2 Å². The van der Waals surface area contributed by atoms with Crippen molar-refractivity contribution in [3.63, 3.8) is 0 Å². The molecule has 0 aliphatic heterocycles. The summed E-state index contributed by atoms with van der Waals surface area (Å²) in [6.07, 6.45) is 7.16. The first kappa shape index (κ1) is 14.0. The van der Waals surface area contributed by atoms with E-state index >= 15 is 0 Å². The van der Waals surface area contributed by atoms with Crippen LogP contribution in [0.4, 0.5) is 0 Å². The molecule has 0 unspecified atom stereocenters. The smallest absolute Gasteiger partial charge is 0.0112 e. The molecule has 96 valence electrons. The standard InChI is InChI=1S/C14H30N2/c1-5-13-7-9-14(10-8-13)16(6-2)12-11-15(3)4/h13-14H,5-12H2,1-4H3. The van der Waals surface area contributed by atoms with Gasteiger partial charge in [-0.15, -0.1) is 0 Å². The Kier molecular flexibility index (Phi) is 6.37. The van der Waals surface area contributed by atoms with Crippen LogP contribution in [0.3, 0.4) is 0 Å². The van der Waals surface area contributed by atoms with Crippen molar-refractivity contribution in [1.82, 2.24) is 9.80 Å². The van der Waals surface area contributed by atoms with Crippen molar-refractivity contribution in [1.29, 1.82) is 0 Å². The van der Waals surface area contributed by atoms with Crippen molar-refractivity contribution in [2.45, 2.75) is 52.0 Å². The van der Waals surface area contributed by atoms with Crippen LogP contribution in [0.5, 0.6) is 0 Å². The van der Waals surface area contributed by atoms with Crippen molar-refractivity contribution in [3.8, 4) is 0 Å². The first-order valence-electron chi connectivity index (χ1n) is 7.06. The van der Waals surface area contributed by atoms with Crippen molar-refractivity contribution < 1.29 is 0 Å². The van der Waals surface area contributed by atoms with Gasteiger partial charge in [0.05, 0.1) is 0 Å². The van der Waals surface area contributed by atoms with E-state index in [0.717, 1.165) is 12.0 Å². The van der Waals surface area contributed by atoms with Crippen molar-refractivity contribution in [3.05, 3.63) is 0 Å². The molecular weight excluding hydrogens is 196 g/mol. The summed E-state index contributed by atoms with van der Waals surface area (Å²) in [6.45, 7) is 8.30. The monoisotopic (exact) mass is 226 g/mol. The van der Waals surface area contributed by atoms with Gasteiger partial charge in [-0.1, -0.05) is 20.3 Å². The van der Waals surface area contributed by atoms with Crippen LogP contribution in [-0.2, 0) is 0 Å². The van der Waals surface area contributed by atoms with E-state index in [1.54, 1.807) is 0 Å². The quantitative estimate of drug-likeness (QED) is 0.687. The fraction of sp³-hybridized carbons (Fsp3) is 1.00.